The minimum absolute atomic E-state index is 0.190. The van der Waals surface area contributed by atoms with Gasteiger partial charge in [0.15, 0.2) is 6.10 Å². The lowest BCUT2D eigenvalue weighted by Crippen LogP contribution is -2.47. The molecular formula is C15H13BrClN3O3. The van der Waals surface area contributed by atoms with Crippen LogP contribution in [0.15, 0.2) is 47.1 Å². The number of benzene rings is 1. The average molecular weight is 399 g/mol. The van der Waals surface area contributed by atoms with E-state index in [1.807, 2.05) is 6.07 Å². The Bertz CT molecular complexity index is 727. The highest BCUT2D eigenvalue weighted by molar-refractivity contribution is 9.10. The van der Waals surface area contributed by atoms with Gasteiger partial charge in [-0.15, -0.1) is 0 Å². The van der Waals surface area contributed by atoms with Crippen molar-refractivity contribution >= 4 is 39.3 Å². The second-order valence-electron chi connectivity index (χ2n) is 4.53. The van der Waals surface area contributed by atoms with E-state index in [9.17, 15) is 9.59 Å². The second-order valence-corrected chi connectivity index (χ2v) is 5.83. The van der Waals surface area contributed by atoms with E-state index in [0.29, 0.717) is 5.75 Å². The van der Waals surface area contributed by atoms with Crippen molar-refractivity contribution in [2.45, 2.75) is 13.0 Å². The Hall–Kier alpha value is -2.12. The molecule has 0 aliphatic rings. The molecule has 0 saturated heterocycles. The van der Waals surface area contributed by atoms with Gasteiger partial charge in [-0.05, 0) is 37.3 Å². The molecule has 2 N–H and O–H groups in total. The highest BCUT2D eigenvalue weighted by atomic mass is 79.9. The molecule has 0 spiro atoms. The number of hydrazine groups is 1. The highest BCUT2D eigenvalue weighted by Gasteiger charge is 2.16. The van der Waals surface area contributed by atoms with Crippen molar-refractivity contribution < 1.29 is 14.3 Å². The molecule has 2 rings (SSSR count). The molecule has 1 unspecified atom stereocenters. The number of nitrogens with one attached hydrogen (secondary N) is 2. The first-order valence-electron chi connectivity index (χ1n) is 6.59. The van der Waals surface area contributed by atoms with Crippen LogP contribution in [0.4, 0.5) is 0 Å². The summed E-state index contributed by atoms with van der Waals surface area (Å²) < 4.78 is 6.33. The topological polar surface area (TPSA) is 80.3 Å². The Kier molecular flexibility index (Phi) is 5.95. The molecular weight excluding hydrogens is 386 g/mol. The molecule has 0 saturated carbocycles. The molecule has 1 heterocycles. The third-order valence-corrected chi connectivity index (χ3v) is 3.47. The molecule has 1 aromatic carbocycles. The molecule has 8 heteroatoms. The van der Waals surface area contributed by atoms with Crippen molar-refractivity contribution in [3.63, 3.8) is 0 Å². The Morgan fingerprint density at radius 3 is 2.74 bits per heavy atom. The fourth-order valence-corrected chi connectivity index (χ4v) is 2.19. The van der Waals surface area contributed by atoms with Gasteiger partial charge in [-0.1, -0.05) is 33.6 Å². The van der Waals surface area contributed by atoms with Crippen LogP contribution in [0.3, 0.4) is 0 Å². The van der Waals surface area contributed by atoms with Crippen LogP contribution < -0.4 is 15.6 Å². The zero-order chi connectivity index (χ0) is 16.8. The molecule has 0 aliphatic carbocycles. The zero-order valence-corrected chi connectivity index (χ0v) is 14.4. The van der Waals surface area contributed by atoms with Gasteiger partial charge in [0.2, 0.25) is 0 Å². The first-order valence-corrected chi connectivity index (χ1v) is 7.77. The largest absolute Gasteiger partial charge is 0.481 e. The Balaban J connectivity index is 1.87. The van der Waals surface area contributed by atoms with Crippen molar-refractivity contribution in [1.82, 2.24) is 15.8 Å². The highest BCUT2D eigenvalue weighted by Crippen LogP contribution is 2.18. The Morgan fingerprint density at radius 1 is 1.26 bits per heavy atom. The van der Waals surface area contributed by atoms with Gasteiger partial charge in [-0.25, -0.2) is 4.98 Å². The minimum Gasteiger partial charge on any atom is -0.481 e. The van der Waals surface area contributed by atoms with Crippen LogP contribution in [0.2, 0.25) is 5.15 Å². The lowest BCUT2D eigenvalue weighted by Gasteiger charge is -2.15. The van der Waals surface area contributed by atoms with E-state index >= 15 is 0 Å². The van der Waals surface area contributed by atoms with Crippen LogP contribution >= 0.6 is 27.5 Å². The number of aromatic nitrogens is 1. The lowest BCUT2D eigenvalue weighted by atomic mass is 10.2. The number of ether oxygens (including phenoxy) is 1. The van der Waals surface area contributed by atoms with Gasteiger partial charge in [-0.3, -0.25) is 20.4 Å². The predicted molar refractivity (Wildman–Crippen MR) is 89.1 cm³/mol. The quantitative estimate of drug-likeness (QED) is 0.613. The van der Waals surface area contributed by atoms with E-state index in [4.69, 9.17) is 16.3 Å². The van der Waals surface area contributed by atoms with Crippen LogP contribution in [0.25, 0.3) is 0 Å². The Morgan fingerprint density at radius 2 is 2.04 bits per heavy atom. The standard InChI is InChI=1S/C15H13BrClN3O3/c1-9(23-12-4-2-3-11(16)8-12)14(21)19-20-15(22)10-5-6-18-13(17)7-10/h2-9H,1H3,(H,19,21)(H,20,22). The summed E-state index contributed by atoms with van der Waals surface area (Å²) in [7, 11) is 0. The van der Waals surface area contributed by atoms with Crippen LogP contribution in [-0.4, -0.2) is 22.9 Å². The lowest BCUT2D eigenvalue weighted by molar-refractivity contribution is -0.128. The van der Waals surface area contributed by atoms with Crippen molar-refractivity contribution in [1.29, 1.82) is 0 Å². The van der Waals surface area contributed by atoms with Crippen LogP contribution in [-0.2, 0) is 4.79 Å². The number of carbonyl (C=O) groups excluding carboxylic acids is 2. The molecule has 0 aliphatic heterocycles. The summed E-state index contributed by atoms with van der Waals surface area (Å²) in [5, 5.41) is 0.190. The van der Waals surface area contributed by atoms with Gasteiger partial charge in [-0.2, -0.15) is 0 Å². The van der Waals surface area contributed by atoms with Gasteiger partial charge >= 0.3 is 0 Å². The number of hydrogen-bond acceptors (Lipinski definition) is 4. The summed E-state index contributed by atoms with van der Waals surface area (Å²) in [4.78, 5) is 27.6. The fraction of sp³-hybridized carbons (Fsp3) is 0.133. The smallest absolute Gasteiger partial charge is 0.279 e. The average Bonchev–Trinajstić information content (AvgIpc) is 2.52. The number of carbonyl (C=O) groups is 2. The zero-order valence-electron chi connectivity index (χ0n) is 12.0. The van der Waals surface area contributed by atoms with Gasteiger partial charge in [0, 0.05) is 16.2 Å². The first-order chi connectivity index (χ1) is 11.0. The number of amides is 2. The maximum atomic E-state index is 11.9. The second kappa shape index (κ2) is 7.94. The van der Waals surface area contributed by atoms with E-state index in [1.54, 1.807) is 25.1 Å². The van der Waals surface area contributed by atoms with E-state index in [2.05, 4.69) is 31.8 Å². The summed E-state index contributed by atoms with van der Waals surface area (Å²) >= 11 is 9.02. The first kappa shape index (κ1) is 17.2. The number of rotatable bonds is 4. The van der Waals surface area contributed by atoms with Gasteiger partial charge in [0.05, 0.1) is 0 Å². The number of halogens is 2. The van der Waals surface area contributed by atoms with Crippen molar-refractivity contribution in [3.8, 4) is 5.75 Å². The van der Waals surface area contributed by atoms with Gasteiger partial charge in [0.25, 0.3) is 11.8 Å². The van der Waals surface area contributed by atoms with Gasteiger partial charge in [0.1, 0.15) is 10.9 Å². The summed E-state index contributed by atoms with van der Waals surface area (Å²) in [5.74, 6) is -0.454. The molecule has 120 valence electrons. The maximum Gasteiger partial charge on any atom is 0.279 e. The Labute approximate surface area is 146 Å². The summed E-state index contributed by atoms with van der Waals surface area (Å²) in [6, 6.07) is 9.98. The number of hydrogen-bond donors (Lipinski definition) is 2. The normalized spacial score (nSPS) is 11.4. The molecule has 6 nitrogen and oxygen atoms in total. The summed E-state index contributed by atoms with van der Waals surface area (Å²) in [6.45, 7) is 1.58. The van der Waals surface area contributed by atoms with E-state index in [1.165, 1.54) is 18.3 Å². The molecule has 2 aromatic rings. The fourth-order valence-electron chi connectivity index (χ4n) is 1.63. The number of nitrogens with zero attached hydrogens (tertiary/aromatic N) is 1. The molecule has 0 bridgehead atoms. The molecule has 2 amide bonds. The van der Waals surface area contributed by atoms with E-state index in [0.717, 1.165) is 4.47 Å². The van der Waals surface area contributed by atoms with Crippen LogP contribution in [0, 0.1) is 0 Å². The third-order valence-electron chi connectivity index (χ3n) is 2.77. The van der Waals surface area contributed by atoms with Crippen LogP contribution in [0.5, 0.6) is 5.75 Å². The van der Waals surface area contributed by atoms with E-state index in [-0.39, 0.29) is 10.7 Å². The minimum atomic E-state index is -0.786. The predicted octanol–water partition coefficient (Wildman–Crippen LogP) is 2.73. The molecule has 0 fully saturated rings. The number of pyridine rings is 1. The molecule has 1 aromatic heterocycles. The SMILES string of the molecule is CC(Oc1cccc(Br)c1)C(=O)NNC(=O)c1ccnc(Cl)c1. The molecule has 23 heavy (non-hydrogen) atoms. The van der Waals surface area contributed by atoms with Gasteiger partial charge < -0.3 is 4.74 Å². The van der Waals surface area contributed by atoms with Crippen molar-refractivity contribution in [2.75, 3.05) is 0 Å². The van der Waals surface area contributed by atoms with E-state index < -0.39 is 17.9 Å². The monoisotopic (exact) mass is 397 g/mol. The van der Waals surface area contributed by atoms with Crippen molar-refractivity contribution in [2.24, 2.45) is 0 Å². The third kappa shape index (κ3) is 5.22. The van der Waals surface area contributed by atoms with Crippen LogP contribution in [0.1, 0.15) is 17.3 Å². The summed E-state index contributed by atoms with van der Waals surface area (Å²) in [6.07, 6.45) is 0.614. The summed E-state index contributed by atoms with van der Waals surface area (Å²) in [5.41, 5.74) is 4.87. The molecule has 0 radical (unpaired) electrons. The molecule has 1 atom stereocenters. The van der Waals surface area contributed by atoms with Crippen molar-refractivity contribution in [3.05, 3.63) is 57.8 Å². The maximum absolute atomic E-state index is 11.9.